The summed E-state index contributed by atoms with van der Waals surface area (Å²) in [6.45, 7) is -0.208. The van der Waals surface area contributed by atoms with Gasteiger partial charge in [0.15, 0.2) is 11.9 Å². The maximum absolute atomic E-state index is 13.9. The summed E-state index contributed by atoms with van der Waals surface area (Å²) < 4.78 is 20.7. The first-order valence-electron chi connectivity index (χ1n) is 5.54. The van der Waals surface area contributed by atoms with E-state index in [9.17, 15) is 4.39 Å². The molecule has 0 amide bonds. The number of anilines is 1. The number of aliphatic hydroxyl groups is 1. The number of aliphatic hydroxyl groups excluding tert-OH is 1. The van der Waals surface area contributed by atoms with Crippen molar-refractivity contribution in [3.05, 3.63) is 12.5 Å². The molecule has 1 saturated heterocycles. The zero-order valence-corrected chi connectivity index (χ0v) is 9.40. The Balaban J connectivity index is 2.01. The van der Waals surface area contributed by atoms with Gasteiger partial charge in [-0.25, -0.2) is 14.4 Å². The molecule has 1 aliphatic heterocycles. The number of aromatic nitrogens is 4. The smallest absolute Gasteiger partial charge is 0.222 e. The number of rotatable bonds is 2. The molecule has 0 spiro atoms. The van der Waals surface area contributed by atoms with Crippen LogP contribution in [-0.2, 0) is 4.74 Å². The number of hydrogen-bond acceptors (Lipinski definition) is 6. The molecular formula is C10H12FN5O2. The number of hydrogen-bond donors (Lipinski definition) is 2. The molecule has 0 unspecified atom stereocenters. The maximum Gasteiger partial charge on any atom is 0.222 e. The molecule has 3 atom stereocenters. The highest BCUT2D eigenvalue weighted by Crippen LogP contribution is 2.32. The van der Waals surface area contributed by atoms with Crippen LogP contribution in [0.25, 0.3) is 11.2 Å². The average Bonchev–Trinajstić information content (AvgIpc) is 2.92. The fraction of sp³-hybridized carbons (Fsp3) is 0.500. The molecule has 0 bridgehead atoms. The van der Waals surface area contributed by atoms with E-state index in [4.69, 9.17) is 15.6 Å². The third-order valence-electron chi connectivity index (χ3n) is 2.94. The summed E-state index contributed by atoms with van der Waals surface area (Å²) in [6, 6.07) is 0. The van der Waals surface area contributed by atoms with Crippen LogP contribution in [0.1, 0.15) is 12.6 Å². The minimum Gasteiger partial charge on any atom is -0.394 e. The molecule has 1 fully saturated rings. The third-order valence-corrected chi connectivity index (χ3v) is 2.94. The number of nitrogen functional groups attached to an aromatic ring is 1. The molecule has 7 nitrogen and oxygen atoms in total. The molecular weight excluding hydrogens is 241 g/mol. The minimum absolute atomic E-state index is 0.0939. The van der Waals surface area contributed by atoms with Gasteiger partial charge < -0.3 is 15.6 Å². The first-order valence-corrected chi connectivity index (χ1v) is 5.54. The first-order chi connectivity index (χ1) is 8.69. The van der Waals surface area contributed by atoms with E-state index in [1.54, 1.807) is 0 Å². The van der Waals surface area contributed by atoms with Crippen molar-refractivity contribution in [2.75, 3.05) is 12.3 Å². The van der Waals surface area contributed by atoms with E-state index >= 15 is 0 Å². The lowest BCUT2D eigenvalue weighted by Gasteiger charge is -2.15. The van der Waals surface area contributed by atoms with E-state index in [0.717, 1.165) is 0 Å². The summed E-state index contributed by atoms with van der Waals surface area (Å²) in [5.41, 5.74) is 6.45. The highest BCUT2D eigenvalue weighted by Gasteiger charge is 2.37. The lowest BCUT2D eigenvalue weighted by Crippen LogP contribution is -2.17. The lowest BCUT2D eigenvalue weighted by molar-refractivity contribution is -0.0351. The minimum atomic E-state index is -1.21. The van der Waals surface area contributed by atoms with Gasteiger partial charge in [0.1, 0.15) is 11.7 Å². The molecule has 2 aromatic heterocycles. The van der Waals surface area contributed by atoms with Crippen LogP contribution in [0, 0.1) is 0 Å². The number of ether oxygens (including phenoxy) is 1. The highest BCUT2D eigenvalue weighted by atomic mass is 19.1. The van der Waals surface area contributed by atoms with Crippen LogP contribution < -0.4 is 5.73 Å². The summed E-state index contributed by atoms with van der Waals surface area (Å²) >= 11 is 0. The van der Waals surface area contributed by atoms with Crippen LogP contribution in [0.2, 0.25) is 0 Å². The standard InChI is InChI=1S/C10H12FN5O2/c11-6-1-5(3-17)18-9(6)16-4-14-7-2-13-10(12)15-8(7)16/h2,4-6,9,17H,1,3H2,(H2,12,13,15)/t5-,6-,9+/m0/s1. The Morgan fingerprint density at radius 2 is 2.39 bits per heavy atom. The summed E-state index contributed by atoms with van der Waals surface area (Å²) in [7, 11) is 0. The topological polar surface area (TPSA) is 99.1 Å². The maximum atomic E-state index is 13.9. The molecule has 3 rings (SSSR count). The van der Waals surface area contributed by atoms with Gasteiger partial charge in [0.25, 0.3) is 0 Å². The van der Waals surface area contributed by atoms with Crippen molar-refractivity contribution in [1.82, 2.24) is 19.5 Å². The molecule has 3 heterocycles. The van der Waals surface area contributed by atoms with E-state index in [2.05, 4.69) is 15.0 Å². The highest BCUT2D eigenvalue weighted by molar-refractivity contribution is 5.70. The van der Waals surface area contributed by atoms with Crippen LogP contribution >= 0.6 is 0 Å². The second-order valence-electron chi connectivity index (χ2n) is 4.17. The molecule has 18 heavy (non-hydrogen) atoms. The molecule has 96 valence electrons. The van der Waals surface area contributed by atoms with Gasteiger partial charge in [-0.3, -0.25) is 4.57 Å². The third kappa shape index (κ3) is 1.70. The molecule has 0 radical (unpaired) electrons. The number of imidazole rings is 1. The van der Waals surface area contributed by atoms with Crippen LogP contribution in [0.3, 0.4) is 0 Å². The van der Waals surface area contributed by atoms with Crippen LogP contribution in [0.5, 0.6) is 0 Å². The molecule has 1 aliphatic rings. The molecule has 0 aromatic carbocycles. The van der Waals surface area contributed by atoms with Gasteiger partial charge in [-0.15, -0.1) is 0 Å². The van der Waals surface area contributed by atoms with Crippen molar-refractivity contribution in [3.8, 4) is 0 Å². The Morgan fingerprint density at radius 3 is 3.11 bits per heavy atom. The fourth-order valence-electron chi connectivity index (χ4n) is 2.09. The fourth-order valence-corrected chi connectivity index (χ4v) is 2.09. The van der Waals surface area contributed by atoms with Crippen molar-refractivity contribution in [2.24, 2.45) is 0 Å². The molecule has 3 N–H and O–H groups in total. The Hall–Kier alpha value is -1.80. The van der Waals surface area contributed by atoms with Crippen molar-refractivity contribution in [1.29, 1.82) is 0 Å². The van der Waals surface area contributed by atoms with Gasteiger partial charge in [-0.1, -0.05) is 0 Å². The van der Waals surface area contributed by atoms with Gasteiger partial charge in [-0.05, 0) is 0 Å². The number of alkyl halides is 1. The average molecular weight is 253 g/mol. The molecule has 0 saturated carbocycles. The summed E-state index contributed by atoms with van der Waals surface area (Å²) in [4.78, 5) is 11.9. The van der Waals surface area contributed by atoms with Crippen LogP contribution in [0.4, 0.5) is 10.3 Å². The van der Waals surface area contributed by atoms with Crippen molar-refractivity contribution in [3.63, 3.8) is 0 Å². The summed E-state index contributed by atoms with van der Waals surface area (Å²) in [5.74, 6) is 0.0939. The summed E-state index contributed by atoms with van der Waals surface area (Å²) in [5, 5.41) is 8.99. The molecule has 2 aromatic rings. The number of nitrogens with two attached hydrogens (primary N) is 1. The zero-order chi connectivity index (χ0) is 12.7. The predicted molar refractivity (Wildman–Crippen MR) is 60.2 cm³/mol. The van der Waals surface area contributed by atoms with E-state index in [0.29, 0.717) is 11.2 Å². The Morgan fingerprint density at radius 1 is 1.56 bits per heavy atom. The van der Waals surface area contributed by atoms with Crippen molar-refractivity contribution < 1.29 is 14.2 Å². The van der Waals surface area contributed by atoms with Gasteiger partial charge >= 0.3 is 0 Å². The van der Waals surface area contributed by atoms with E-state index in [1.165, 1.54) is 17.1 Å². The van der Waals surface area contributed by atoms with E-state index in [-0.39, 0.29) is 19.0 Å². The zero-order valence-electron chi connectivity index (χ0n) is 9.40. The van der Waals surface area contributed by atoms with Crippen molar-refractivity contribution in [2.45, 2.75) is 24.9 Å². The van der Waals surface area contributed by atoms with Crippen LogP contribution in [0.15, 0.2) is 12.5 Å². The monoisotopic (exact) mass is 253 g/mol. The molecule has 8 heteroatoms. The van der Waals surface area contributed by atoms with E-state index in [1.807, 2.05) is 0 Å². The Kier molecular flexibility index (Phi) is 2.60. The number of nitrogens with zero attached hydrogens (tertiary/aromatic N) is 4. The van der Waals surface area contributed by atoms with Crippen LogP contribution in [-0.4, -0.2) is 43.5 Å². The van der Waals surface area contributed by atoms with Gasteiger partial charge in [0.2, 0.25) is 5.95 Å². The van der Waals surface area contributed by atoms with Gasteiger partial charge in [0.05, 0.1) is 25.2 Å². The SMILES string of the molecule is Nc1ncc2ncn([C@@H]3O[C@H](CO)C[C@@H]3F)c2n1. The predicted octanol–water partition coefficient (Wildman–Crippen LogP) is 0.0264. The summed E-state index contributed by atoms with van der Waals surface area (Å²) in [6.07, 6.45) is 0.524. The Bertz CT molecular complexity index is 574. The Labute approximate surface area is 101 Å². The number of halogens is 1. The number of fused-ring (bicyclic) bond motifs is 1. The first kappa shape index (κ1) is 11.3. The van der Waals surface area contributed by atoms with Gasteiger partial charge in [0, 0.05) is 6.42 Å². The van der Waals surface area contributed by atoms with Gasteiger partial charge in [-0.2, -0.15) is 4.98 Å². The van der Waals surface area contributed by atoms with E-state index < -0.39 is 18.5 Å². The normalized spacial score (nSPS) is 28.0. The second-order valence-corrected chi connectivity index (χ2v) is 4.17. The lowest BCUT2D eigenvalue weighted by atomic mass is 10.2. The van der Waals surface area contributed by atoms with Crippen molar-refractivity contribution >= 4 is 17.1 Å². The largest absolute Gasteiger partial charge is 0.394 e. The quantitative estimate of drug-likeness (QED) is 0.783. The molecule has 0 aliphatic carbocycles. The second kappa shape index (κ2) is 4.14.